The summed E-state index contributed by atoms with van der Waals surface area (Å²) in [6, 6.07) is 6.36. The van der Waals surface area contributed by atoms with Crippen molar-refractivity contribution in [2.75, 3.05) is 0 Å². The van der Waals surface area contributed by atoms with Gasteiger partial charge >= 0.3 is 0 Å². The molecule has 18 heavy (non-hydrogen) atoms. The van der Waals surface area contributed by atoms with E-state index in [0.29, 0.717) is 6.10 Å². The molecular weight excluding hydrogens is 222 g/mol. The summed E-state index contributed by atoms with van der Waals surface area (Å²) in [6.45, 7) is 6.44. The van der Waals surface area contributed by atoms with Crippen LogP contribution in [0.5, 0.6) is 5.75 Å². The third-order valence-corrected chi connectivity index (χ3v) is 3.92. The van der Waals surface area contributed by atoms with Crippen LogP contribution in [0, 0.1) is 12.8 Å². The maximum Gasteiger partial charge on any atom is 0.124 e. The first-order chi connectivity index (χ1) is 8.56. The van der Waals surface area contributed by atoms with Gasteiger partial charge in [-0.15, -0.1) is 0 Å². The lowest BCUT2D eigenvalue weighted by Crippen LogP contribution is -2.24. The fraction of sp³-hybridized carbons (Fsp3) is 0.625. The van der Waals surface area contributed by atoms with Gasteiger partial charge in [0.1, 0.15) is 5.75 Å². The van der Waals surface area contributed by atoms with E-state index < -0.39 is 0 Å². The van der Waals surface area contributed by atoms with Gasteiger partial charge in [-0.3, -0.25) is 0 Å². The quantitative estimate of drug-likeness (QED) is 0.877. The molecule has 1 aromatic rings. The van der Waals surface area contributed by atoms with Gasteiger partial charge in [0.15, 0.2) is 0 Å². The number of aryl methyl sites for hydroxylation is 1. The third-order valence-electron chi connectivity index (χ3n) is 3.92. The van der Waals surface area contributed by atoms with E-state index in [9.17, 15) is 0 Å². The molecular formula is C16H25NO. The zero-order valence-corrected chi connectivity index (χ0v) is 11.8. The summed E-state index contributed by atoms with van der Waals surface area (Å²) < 4.78 is 6.20. The van der Waals surface area contributed by atoms with Crippen LogP contribution < -0.4 is 10.5 Å². The minimum atomic E-state index is 0.0307. The highest BCUT2D eigenvalue weighted by atomic mass is 16.5. The Morgan fingerprint density at radius 2 is 1.89 bits per heavy atom. The summed E-state index contributed by atoms with van der Waals surface area (Å²) in [5.41, 5.74) is 8.37. The second-order valence-electron chi connectivity index (χ2n) is 5.83. The maximum absolute atomic E-state index is 6.20. The Kier molecular flexibility index (Phi) is 4.28. The van der Waals surface area contributed by atoms with Crippen molar-refractivity contribution in [3.8, 4) is 5.75 Å². The van der Waals surface area contributed by atoms with Gasteiger partial charge in [0, 0.05) is 11.6 Å². The Bertz CT molecular complexity index is 392. The Balaban J connectivity index is 2.10. The number of benzene rings is 1. The van der Waals surface area contributed by atoms with Crippen LogP contribution in [0.1, 0.15) is 56.7 Å². The van der Waals surface area contributed by atoms with E-state index in [1.165, 1.54) is 31.2 Å². The average molecular weight is 247 g/mol. The van der Waals surface area contributed by atoms with E-state index in [2.05, 4.69) is 32.0 Å². The van der Waals surface area contributed by atoms with Crippen LogP contribution in [0.3, 0.4) is 0 Å². The van der Waals surface area contributed by atoms with Gasteiger partial charge in [-0.2, -0.15) is 0 Å². The van der Waals surface area contributed by atoms with Gasteiger partial charge in [-0.25, -0.2) is 0 Å². The highest BCUT2D eigenvalue weighted by Gasteiger charge is 2.21. The number of rotatable bonds is 3. The van der Waals surface area contributed by atoms with Crippen LogP contribution >= 0.6 is 0 Å². The molecule has 2 N–H and O–H groups in total. The van der Waals surface area contributed by atoms with E-state index in [1.807, 2.05) is 6.92 Å². The molecule has 0 saturated heterocycles. The number of nitrogens with two attached hydrogens (primary N) is 1. The van der Waals surface area contributed by atoms with Crippen LogP contribution in [0.15, 0.2) is 18.2 Å². The molecule has 0 aliphatic heterocycles. The highest BCUT2D eigenvalue weighted by molar-refractivity contribution is 5.39. The molecule has 0 amide bonds. The lowest BCUT2D eigenvalue weighted by atomic mass is 9.89. The molecule has 2 nitrogen and oxygen atoms in total. The minimum Gasteiger partial charge on any atom is -0.490 e. The second kappa shape index (κ2) is 5.75. The average Bonchev–Trinajstić information content (AvgIpc) is 2.32. The minimum absolute atomic E-state index is 0.0307. The van der Waals surface area contributed by atoms with Crippen molar-refractivity contribution in [1.29, 1.82) is 0 Å². The molecule has 1 fully saturated rings. The van der Waals surface area contributed by atoms with Gasteiger partial charge in [0.25, 0.3) is 0 Å². The molecule has 1 atom stereocenters. The third kappa shape index (κ3) is 3.26. The lowest BCUT2D eigenvalue weighted by Gasteiger charge is -2.28. The lowest BCUT2D eigenvalue weighted by molar-refractivity contribution is 0.134. The van der Waals surface area contributed by atoms with Crippen molar-refractivity contribution >= 4 is 0 Å². The monoisotopic (exact) mass is 247 g/mol. The van der Waals surface area contributed by atoms with E-state index in [0.717, 1.165) is 17.2 Å². The molecule has 2 rings (SSSR count). The number of hydrogen-bond acceptors (Lipinski definition) is 2. The molecule has 2 heteroatoms. The van der Waals surface area contributed by atoms with Crippen LogP contribution in [0.4, 0.5) is 0 Å². The summed E-state index contributed by atoms with van der Waals surface area (Å²) in [5.74, 6) is 1.85. The van der Waals surface area contributed by atoms with Gasteiger partial charge in [0.2, 0.25) is 0 Å². The van der Waals surface area contributed by atoms with Crippen molar-refractivity contribution < 1.29 is 4.74 Å². The van der Waals surface area contributed by atoms with Crippen molar-refractivity contribution in [2.45, 2.75) is 58.6 Å². The van der Waals surface area contributed by atoms with E-state index in [4.69, 9.17) is 10.5 Å². The summed E-state index contributed by atoms with van der Waals surface area (Å²) in [7, 11) is 0. The fourth-order valence-electron chi connectivity index (χ4n) is 2.65. The van der Waals surface area contributed by atoms with Crippen molar-refractivity contribution in [3.63, 3.8) is 0 Å². The number of ether oxygens (including phenoxy) is 1. The summed E-state index contributed by atoms with van der Waals surface area (Å²) >= 11 is 0. The SMILES string of the molecule is Cc1ccc([C@@H](C)N)c(OC2CCC(C)CC2)c1. The van der Waals surface area contributed by atoms with Gasteiger partial charge < -0.3 is 10.5 Å². The molecule has 0 radical (unpaired) electrons. The summed E-state index contributed by atoms with van der Waals surface area (Å²) in [6.07, 6.45) is 5.29. The standard InChI is InChI=1S/C16H25NO/c1-11-4-7-14(8-5-11)18-16-10-12(2)6-9-15(16)13(3)17/h6,9-11,13-14H,4-5,7-8,17H2,1-3H3/t11?,13-,14?/m1/s1. The normalized spacial score (nSPS) is 25.8. The first-order valence-electron chi connectivity index (χ1n) is 7.09. The molecule has 0 bridgehead atoms. The summed E-state index contributed by atoms with van der Waals surface area (Å²) in [5, 5.41) is 0. The molecule has 1 aliphatic rings. The Morgan fingerprint density at radius 1 is 1.22 bits per heavy atom. The first-order valence-corrected chi connectivity index (χ1v) is 7.09. The molecule has 1 aromatic carbocycles. The molecule has 1 aliphatic carbocycles. The molecule has 0 heterocycles. The predicted molar refractivity (Wildman–Crippen MR) is 75.8 cm³/mol. The molecule has 0 spiro atoms. The maximum atomic E-state index is 6.20. The van der Waals surface area contributed by atoms with Crippen LogP contribution in [0.2, 0.25) is 0 Å². The summed E-state index contributed by atoms with van der Waals surface area (Å²) in [4.78, 5) is 0. The topological polar surface area (TPSA) is 35.2 Å². The smallest absolute Gasteiger partial charge is 0.124 e. The van der Waals surface area contributed by atoms with Crippen molar-refractivity contribution in [1.82, 2.24) is 0 Å². The Hall–Kier alpha value is -1.02. The highest BCUT2D eigenvalue weighted by Crippen LogP contribution is 2.31. The van der Waals surface area contributed by atoms with E-state index in [-0.39, 0.29) is 6.04 Å². The molecule has 1 saturated carbocycles. The largest absolute Gasteiger partial charge is 0.490 e. The van der Waals surface area contributed by atoms with Gasteiger partial charge in [0.05, 0.1) is 6.10 Å². The zero-order chi connectivity index (χ0) is 13.1. The van der Waals surface area contributed by atoms with Crippen molar-refractivity contribution in [2.24, 2.45) is 11.7 Å². The van der Waals surface area contributed by atoms with Crippen LogP contribution in [0.25, 0.3) is 0 Å². The van der Waals surface area contributed by atoms with Gasteiger partial charge in [-0.05, 0) is 57.1 Å². The van der Waals surface area contributed by atoms with E-state index >= 15 is 0 Å². The zero-order valence-electron chi connectivity index (χ0n) is 11.8. The molecule has 0 aromatic heterocycles. The number of hydrogen-bond donors (Lipinski definition) is 1. The predicted octanol–water partition coefficient (Wildman–Crippen LogP) is 3.97. The van der Waals surface area contributed by atoms with Crippen molar-refractivity contribution in [3.05, 3.63) is 29.3 Å². The van der Waals surface area contributed by atoms with Gasteiger partial charge in [-0.1, -0.05) is 19.1 Å². The molecule has 100 valence electrons. The molecule has 0 unspecified atom stereocenters. The Morgan fingerprint density at radius 3 is 2.50 bits per heavy atom. The van der Waals surface area contributed by atoms with E-state index in [1.54, 1.807) is 0 Å². The van der Waals surface area contributed by atoms with Crippen LogP contribution in [-0.4, -0.2) is 6.10 Å². The Labute approximate surface area is 111 Å². The first kappa shape index (κ1) is 13.4. The second-order valence-corrected chi connectivity index (χ2v) is 5.83. The fourth-order valence-corrected chi connectivity index (χ4v) is 2.65. The van der Waals surface area contributed by atoms with Crippen LogP contribution in [-0.2, 0) is 0 Å².